The molecule has 2 atom stereocenters. The van der Waals surface area contributed by atoms with Gasteiger partial charge in [-0.3, -0.25) is 9.89 Å². The molecule has 0 aromatic heterocycles. The van der Waals surface area contributed by atoms with E-state index in [0.717, 1.165) is 79.7 Å². The van der Waals surface area contributed by atoms with Crippen LogP contribution in [0.3, 0.4) is 0 Å². The molecule has 2 unspecified atom stereocenters. The van der Waals surface area contributed by atoms with Crippen LogP contribution in [0.2, 0.25) is 5.02 Å². The van der Waals surface area contributed by atoms with Gasteiger partial charge in [-0.15, -0.1) is 0 Å². The average molecular weight is 511 g/mol. The Morgan fingerprint density at radius 1 is 1.33 bits per heavy atom. The standard InChI is InChI=1S/C29H36ClFN4O/c1-5-19-16-33-26-29(34-27(32)35(26)17-19)25(13-20(6-2)21-11-22(30)14-23(31)12-21)18(3)15-28(29)9-7-24(36-4)8-10-28/h6,11-14,19,24H,3,5,7-10,15-17H2,1-2,4H3,(H2,32,34)/b20-6+,25-13+. The van der Waals surface area contributed by atoms with Crippen molar-refractivity contribution < 1.29 is 9.13 Å². The Morgan fingerprint density at radius 3 is 2.72 bits per heavy atom. The molecule has 192 valence electrons. The molecule has 0 saturated heterocycles. The summed E-state index contributed by atoms with van der Waals surface area (Å²) in [5.41, 5.74) is 9.48. The quantitative estimate of drug-likeness (QED) is 0.528. The van der Waals surface area contributed by atoms with Gasteiger partial charge in [-0.2, -0.15) is 0 Å². The van der Waals surface area contributed by atoms with E-state index in [1.54, 1.807) is 13.2 Å². The maximum Gasteiger partial charge on any atom is 0.198 e. The second-order valence-corrected chi connectivity index (χ2v) is 11.1. The molecule has 4 aliphatic rings. The molecule has 2 spiro atoms. The van der Waals surface area contributed by atoms with Crippen molar-refractivity contribution in [1.29, 1.82) is 0 Å². The molecule has 2 fully saturated rings. The van der Waals surface area contributed by atoms with Crippen LogP contribution in [0.15, 0.2) is 58.1 Å². The summed E-state index contributed by atoms with van der Waals surface area (Å²) in [5.74, 6) is 1.59. The number of halogens is 2. The Balaban J connectivity index is 1.68. The number of allylic oxidation sites excluding steroid dienone is 3. The largest absolute Gasteiger partial charge is 0.381 e. The van der Waals surface area contributed by atoms with Gasteiger partial charge in [-0.25, -0.2) is 9.38 Å². The minimum absolute atomic E-state index is 0.166. The number of guanidine groups is 1. The van der Waals surface area contributed by atoms with Crippen LogP contribution in [0.5, 0.6) is 0 Å². The van der Waals surface area contributed by atoms with E-state index in [1.165, 1.54) is 12.1 Å². The molecule has 5 rings (SSSR count). The number of nitrogens with two attached hydrogens (primary N) is 1. The number of rotatable bonds is 4. The number of aliphatic imine (C=N–C) groups is 2. The third-order valence-corrected chi connectivity index (χ3v) is 8.99. The van der Waals surface area contributed by atoms with Crippen LogP contribution in [0, 0.1) is 17.2 Å². The van der Waals surface area contributed by atoms with Crippen LogP contribution in [0.1, 0.15) is 57.9 Å². The van der Waals surface area contributed by atoms with Crippen molar-refractivity contribution in [3.63, 3.8) is 0 Å². The fraction of sp³-hybridized carbons (Fsp3) is 0.517. The first-order valence-electron chi connectivity index (χ1n) is 13.0. The van der Waals surface area contributed by atoms with Gasteiger partial charge in [0.15, 0.2) is 11.5 Å². The Kier molecular flexibility index (Phi) is 6.63. The van der Waals surface area contributed by atoms with Gasteiger partial charge in [0.05, 0.1) is 6.10 Å². The summed E-state index contributed by atoms with van der Waals surface area (Å²) in [6.45, 7) is 10.3. The van der Waals surface area contributed by atoms with E-state index in [0.29, 0.717) is 16.9 Å². The van der Waals surface area contributed by atoms with Crippen LogP contribution >= 0.6 is 11.6 Å². The van der Waals surface area contributed by atoms with Crippen LogP contribution in [0.4, 0.5) is 4.39 Å². The normalized spacial score (nSPS) is 33.5. The lowest BCUT2D eigenvalue weighted by atomic mass is 9.61. The number of hydrogen-bond donors (Lipinski definition) is 1. The number of methoxy groups -OCH3 is 1. The Morgan fingerprint density at radius 2 is 2.08 bits per heavy atom. The fourth-order valence-corrected chi connectivity index (χ4v) is 7.02. The summed E-state index contributed by atoms with van der Waals surface area (Å²) in [7, 11) is 1.79. The molecule has 5 nitrogen and oxygen atoms in total. The van der Waals surface area contributed by atoms with E-state index in [9.17, 15) is 4.39 Å². The zero-order valence-corrected chi connectivity index (χ0v) is 22.2. The monoisotopic (exact) mass is 510 g/mol. The number of hydrogen-bond acceptors (Lipinski definition) is 5. The smallest absolute Gasteiger partial charge is 0.198 e. The lowest BCUT2D eigenvalue weighted by Gasteiger charge is -2.47. The van der Waals surface area contributed by atoms with Crippen molar-refractivity contribution in [3.8, 4) is 0 Å². The Labute approximate surface area is 218 Å². The molecule has 2 aliphatic carbocycles. The lowest BCUT2D eigenvalue weighted by molar-refractivity contribution is 0.0192. The molecule has 2 heterocycles. The number of fused-ring (bicyclic) bond motifs is 3. The lowest BCUT2D eigenvalue weighted by Crippen LogP contribution is -2.56. The summed E-state index contributed by atoms with van der Waals surface area (Å²) in [4.78, 5) is 12.6. The van der Waals surface area contributed by atoms with Gasteiger partial charge in [-0.05, 0) is 97.9 Å². The molecular formula is C29H36ClFN4O. The minimum atomic E-state index is -0.697. The molecule has 1 aromatic carbocycles. The summed E-state index contributed by atoms with van der Waals surface area (Å²) in [6, 6.07) is 4.64. The summed E-state index contributed by atoms with van der Waals surface area (Å²) < 4.78 is 20.0. The third kappa shape index (κ3) is 3.84. The van der Waals surface area contributed by atoms with E-state index in [1.807, 2.05) is 13.0 Å². The van der Waals surface area contributed by atoms with Crippen molar-refractivity contribution >= 4 is 29.0 Å². The SMILES string of the molecule is C=C1CC2(CCC(OC)CC2)C2(N=C(N)N3CC(CC)CN=C32)/C1=C/C(=C\C)c1cc(F)cc(Cl)c1. The second-order valence-electron chi connectivity index (χ2n) is 10.7. The minimum Gasteiger partial charge on any atom is -0.381 e. The predicted octanol–water partition coefficient (Wildman–Crippen LogP) is 6.15. The second kappa shape index (κ2) is 9.46. The highest BCUT2D eigenvalue weighted by Crippen LogP contribution is 2.63. The van der Waals surface area contributed by atoms with Crippen LogP contribution < -0.4 is 5.73 Å². The van der Waals surface area contributed by atoms with Crippen LogP contribution in [-0.4, -0.2) is 48.5 Å². The fourth-order valence-electron chi connectivity index (χ4n) is 6.80. The molecule has 1 aromatic rings. The van der Waals surface area contributed by atoms with E-state index in [4.69, 9.17) is 32.1 Å². The summed E-state index contributed by atoms with van der Waals surface area (Å²) in [5, 5.41) is 0.369. The first kappa shape index (κ1) is 25.2. The van der Waals surface area contributed by atoms with Gasteiger partial charge >= 0.3 is 0 Å². The van der Waals surface area contributed by atoms with Gasteiger partial charge in [0.2, 0.25) is 0 Å². The molecule has 0 radical (unpaired) electrons. The molecule has 0 bridgehead atoms. The highest BCUT2D eigenvalue weighted by molar-refractivity contribution is 6.30. The summed E-state index contributed by atoms with van der Waals surface area (Å²) in [6.07, 6.45) is 10.1. The molecule has 36 heavy (non-hydrogen) atoms. The molecular weight excluding hydrogens is 475 g/mol. The maximum atomic E-state index is 14.3. The molecule has 2 aliphatic heterocycles. The van der Waals surface area contributed by atoms with E-state index >= 15 is 0 Å². The average Bonchev–Trinajstić information content (AvgIpc) is 3.28. The third-order valence-electron chi connectivity index (χ3n) is 8.78. The van der Waals surface area contributed by atoms with Crippen LogP contribution in [-0.2, 0) is 4.74 Å². The van der Waals surface area contributed by atoms with E-state index in [-0.39, 0.29) is 17.3 Å². The number of benzene rings is 1. The molecule has 2 N–H and O–H groups in total. The van der Waals surface area contributed by atoms with E-state index in [2.05, 4.69) is 24.5 Å². The zero-order valence-electron chi connectivity index (χ0n) is 21.5. The van der Waals surface area contributed by atoms with Gasteiger partial charge in [-0.1, -0.05) is 31.2 Å². The highest BCUT2D eigenvalue weighted by atomic mass is 35.5. The molecule has 2 saturated carbocycles. The molecule has 0 amide bonds. The van der Waals surface area contributed by atoms with Crippen LogP contribution in [0.25, 0.3) is 5.57 Å². The van der Waals surface area contributed by atoms with Gasteiger partial charge in [0.1, 0.15) is 11.7 Å². The van der Waals surface area contributed by atoms with Crippen molar-refractivity contribution in [1.82, 2.24) is 4.90 Å². The van der Waals surface area contributed by atoms with Gasteiger partial charge in [0.25, 0.3) is 0 Å². The first-order chi connectivity index (χ1) is 17.3. The topological polar surface area (TPSA) is 63.2 Å². The van der Waals surface area contributed by atoms with Crippen molar-refractivity contribution in [2.24, 2.45) is 27.1 Å². The van der Waals surface area contributed by atoms with Gasteiger partial charge in [0, 0.05) is 30.6 Å². The van der Waals surface area contributed by atoms with E-state index < -0.39 is 5.54 Å². The van der Waals surface area contributed by atoms with Crippen molar-refractivity contribution in [2.75, 3.05) is 20.2 Å². The zero-order chi connectivity index (χ0) is 25.7. The Bertz CT molecular complexity index is 1170. The number of nitrogens with zero attached hydrogens (tertiary/aromatic N) is 3. The van der Waals surface area contributed by atoms with Crippen molar-refractivity contribution in [2.45, 2.75) is 64.0 Å². The number of amidine groups is 1. The highest BCUT2D eigenvalue weighted by Gasteiger charge is 2.66. The predicted molar refractivity (Wildman–Crippen MR) is 146 cm³/mol. The van der Waals surface area contributed by atoms with Gasteiger partial charge < -0.3 is 10.5 Å². The summed E-state index contributed by atoms with van der Waals surface area (Å²) >= 11 is 6.22. The molecule has 7 heteroatoms. The maximum absolute atomic E-state index is 14.3. The van der Waals surface area contributed by atoms with Crippen molar-refractivity contribution in [3.05, 3.63) is 64.5 Å². The first-order valence-corrected chi connectivity index (χ1v) is 13.4. The Hall–Kier alpha value is -2.44. The number of ether oxygens (including phenoxy) is 1.